The van der Waals surface area contributed by atoms with Crippen molar-refractivity contribution in [2.75, 3.05) is 21.3 Å². The Morgan fingerprint density at radius 1 is 1.20 bits per heavy atom. The first-order valence-corrected chi connectivity index (χ1v) is 4.41. The fraction of sp³-hybridized carbons (Fsp3) is 0.364. The van der Waals surface area contributed by atoms with Crippen molar-refractivity contribution in [3.63, 3.8) is 0 Å². The van der Waals surface area contributed by atoms with E-state index in [0.717, 1.165) is 5.56 Å². The van der Waals surface area contributed by atoms with Gasteiger partial charge in [0.15, 0.2) is 11.5 Å². The van der Waals surface area contributed by atoms with Gasteiger partial charge >= 0.3 is 0 Å². The van der Waals surface area contributed by atoms with E-state index in [9.17, 15) is 0 Å². The highest BCUT2D eigenvalue weighted by molar-refractivity contribution is 5.56. The molecule has 0 aliphatic heterocycles. The van der Waals surface area contributed by atoms with Crippen LogP contribution in [0, 0.1) is 11.3 Å². The molecule has 0 aliphatic carbocycles. The summed E-state index contributed by atoms with van der Waals surface area (Å²) in [6, 6.07) is 5.64. The van der Waals surface area contributed by atoms with E-state index in [0.29, 0.717) is 23.7 Å². The van der Waals surface area contributed by atoms with Crippen molar-refractivity contribution in [3.05, 3.63) is 23.3 Å². The zero-order valence-corrected chi connectivity index (χ0v) is 9.03. The van der Waals surface area contributed by atoms with E-state index >= 15 is 0 Å². The third kappa shape index (κ3) is 2.20. The second kappa shape index (κ2) is 5.23. The van der Waals surface area contributed by atoms with E-state index < -0.39 is 0 Å². The minimum Gasteiger partial charge on any atom is -0.493 e. The molecule has 0 atom stereocenters. The standard InChI is InChI=1S/C11H13NO3/c1-13-7-8-4-5-10(14-2)11(15-3)9(8)6-12/h4-5H,7H2,1-3H3. The fourth-order valence-electron chi connectivity index (χ4n) is 1.37. The molecule has 0 aliphatic rings. The van der Waals surface area contributed by atoms with E-state index in [1.54, 1.807) is 19.2 Å². The molecule has 0 amide bonds. The SMILES string of the molecule is COCc1ccc(OC)c(OC)c1C#N. The zero-order valence-electron chi connectivity index (χ0n) is 9.03. The first-order chi connectivity index (χ1) is 7.28. The molecule has 4 nitrogen and oxygen atoms in total. The largest absolute Gasteiger partial charge is 0.493 e. The van der Waals surface area contributed by atoms with Crippen molar-refractivity contribution >= 4 is 0 Å². The average molecular weight is 207 g/mol. The smallest absolute Gasteiger partial charge is 0.178 e. The highest BCUT2D eigenvalue weighted by Crippen LogP contribution is 2.32. The molecule has 0 saturated heterocycles. The first-order valence-electron chi connectivity index (χ1n) is 4.41. The van der Waals surface area contributed by atoms with Gasteiger partial charge in [-0.05, 0) is 11.6 Å². The van der Waals surface area contributed by atoms with Crippen LogP contribution >= 0.6 is 0 Å². The quantitative estimate of drug-likeness (QED) is 0.754. The van der Waals surface area contributed by atoms with Crippen molar-refractivity contribution in [2.24, 2.45) is 0 Å². The number of methoxy groups -OCH3 is 3. The summed E-state index contributed by atoms with van der Waals surface area (Å²) >= 11 is 0. The Labute approximate surface area is 89.0 Å². The van der Waals surface area contributed by atoms with Crippen LogP contribution in [0.15, 0.2) is 12.1 Å². The van der Waals surface area contributed by atoms with Gasteiger partial charge in [0.1, 0.15) is 11.6 Å². The molecule has 0 heterocycles. The third-order valence-electron chi connectivity index (χ3n) is 2.04. The molecule has 0 bridgehead atoms. The maximum Gasteiger partial charge on any atom is 0.178 e. The average Bonchev–Trinajstić information content (AvgIpc) is 2.28. The van der Waals surface area contributed by atoms with E-state index in [1.807, 2.05) is 0 Å². The Morgan fingerprint density at radius 2 is 1.93 bits per heavy atom. The zero-order chi connectivity index (χ0) is 11.3. The minimum absolute atomic E-state index is 0.378. The normalized spacial score (nSPS) is 9.47. The number of hydrogen-bond donors (Lipinski definition) is 0. The van der Waals surface area contributed by atoms with E-state index in [4.69, 9.17) is 19.5 Å². The van der Waals surface area contributed by atoms with E-state index in [-0.39, 0.29) is 0 Å². The van der Waals surface area contributed by atoms with Crippen LogP contribution in [-0.2, 0) is 11.3 Å². The number of nitriles is 1. The second-order valence-corrected chi connectivity index (χ2v) is 2.88. The molecule has 0 unspecified atom stereocenters. The van der Waals surface area contributed by atoms with Gasteiger partial charge in [-0.1, -0.05) is 6.07 Å². The second-order valence-electron chi connectivity index (χ2n) is 2.88. The molecular formula is C11H13NO3. The Hall–Kier alpha value is -1.73. The minimum atomic E-state index is 0.378. The Kier molecular flexibility index (Phi) is 3.95. The van der Waals surface area contributed by atoms with Gasteiger partial charge in [-0.3, -0.25) is 0 Å². The number of rotatable bonds is 4. The van der Waals surface area contributed by atoms with Crippen LogP contribution in [0.1, 0.15) is 11.1 Å². The molecule has 1 aromatic rings. The lowest BCUT2D eigenvalue weighted by Gasteiger charge is -2.11. The van der Waals surface area contributed by atoms with Crippen LogP contribution in [0.2, 0.25) is 0 Å². The molecule has 80 valence electrons. The molecule has 0 N–H and O–H groups in total. The van der Waals surface area contributed by atoms with Gasteiger partial charge < -0.3 is 14.2 Å². The van der Waals surface area contributed by atoms with Gasteiger partial charge in [-0.2, -0.15) is 5.26 Å². The summed E-state index contributed by atoms with van der Waals surface area (Å²) < 4.78 is 15.2. The van der Waals surface area contributed by atoms with Crippen LogP contribution in [0.25, 0.3) is 0 Å². The Bertz CT molecular complexity index is 382. The summed E-state index contributed by atoms with van der Waals surface area (Å²) in [5, 5.41) is 9.04. The van der Waals surface area contributed by atoms with Crippen molar-refractivity contribution in [1.29, 1.82) is 5.26 Å². The first kappa shape index (κ1) is 11.3. The number of ether oxygens (including phenoxy) is 3. The molecule has 15 heavy (non-hydrogen) atoms. The molecule has 4 heteroatoms. The summed E-state index contributed by atoms with van der Waals surface area (Å²) in [6.07, 6.45) is 0. The molecule has 1 rings (SSSR count). The Balaban J connectivity index is 3.29. The number of benzene rings is 1. The summed E-state index contributed by atoms with van der Waals surface area (Å²) in [5.74, 6) is 1.00. The van der Waals surface area contributed by atoms with Gasteiger partial charge in [0.25, 0.3) is 0 Å². The van der Waals surface area contributed by atoms with Crippen molar-refractivity contribution in [3.8, 4) is 17.6 Å². The lowest BCUT2D eigenvalue weighted by molar-refractivity contribution is 0.184. The van der Waals surface area contributed by atoms with Gasteiger partial charge in [0, 0.05) is 7.11 Å². The third-order valence-corrected chi connectivity index (χ3v) is 2.04. The molecular weight excluding hydrogens is 194 g/mol. The molecule has 0 aromatic heterocycles. The fourth-order valence-corrected chi connectivity index (χ4v) is 1.37. The predicted molar refractivity (Wildman–Crippen MR) is 55.0 cm³/mol. The monoisotopic (exact) mass is 207 g/mol. The van der Waals surface area contributed by atoms with Crippen molar-refractivity contribution in [1.82, 2.24) is 0 Å². The maximum absolute atomic E-state index is 9.04. The Morgan fingerprint density at radius 3 is 2.40 bits per heavy atom. The molecule has 0 spiro atoms. The van der Waals surface area contributed by atoms with Crippen LogP contribution < -0.4 is 9.47 Å². The van der Waals surface area contributed by atoms with Crippen molar-refractivity contribution < 1.29 is 14.2 Å². The summed E-state index contributed by atoms with van der Waals surface area (Å²) in [4.78, 5) is 0. The van der Waals surface area contributed by atoms with Gasteiger partial charge in [-0.25, -0.2) is 0 Å². The summed E-state index contributed by atoms with van der Waals surface area (Å²) in [7, 11) is 4.63. The summed E-state index contributed by atoms with van der Waals surface area (Å²) in [6.45, 7) is 0.378. The van der Waals surface area contributed by atoms with E-state index in [2.05, 4.69) is 6.07 Å². The number of nitrogens with zero attached hydrogens (tertiary/aromatic N) is 1. The lowest BCUT2D eigenvalue weighted by Crippen LogP contribution is -1.99. The molecule has 0 fully saturated rings. The molecule has 0 radical (unpaired) electrons. The van der Waals surface area contributed by atoms with Gasteiger partial charge in [0.2, 0.25) is 0 Å². The van der Waals surface area contributed by atoms with Gasteiger partial charge in [-0.15, -0.1) is 0 Å². The van der Waals surface area contributed by atoms with Crippen molar-refractivity contribution in [2.45, 2.75) is 6.61 Å². The maximum atomic E-state index is 9.04. The van der Waals surface area contributed by atoms with E-state index in [1.165, 1.54) is 14.2 Å². The highest BCUT2D eigenvalue weighted by atomic mass is 16.5. The van der Waals surface area contributed by atoms with Gasteiger partial charge in [0.05, 0.1) is 20.8 Å². The van der Waals surface area contributed by atoms with Crippen LogP contribution in [-0.4, -0.2) is 21.3 Å². The van der Waals surface area contributed by atoms with Crippen LogP contribution in [0.4, 0.5) is 0 Å². The number of hydrogen-bond acceptors (Lipinski definition) is 4. The lowest BCUT2D eigenvalue weighted by atomic mass is 10.1. The molecule has 0 saturated carbocycles. The molecule has 1 aromatic carbocycles. The summed E-state index contributed by atoms with van der Waals surface area (Å²) in [5.41, 5.74) is 1.25. The predicted octanol–water partition coefficient (Wildman–Crippen LogP) is 1.72. The topological polar surface area (TPSA) is 51.5 Å². The highest BCUT2D eigenvalue weighted by Gasteiger charge is 2.14. The van der Waals surface area contributed by atoms with Crippen LogP contribution in [0.5, 0.6) is 11.5 Å². The van der Waals surface area contributed by atoms with Crippen LogP contribution in [0.3, 0.4) is 0 Å².